The maximum absolute atomic E-state index is 11.4. The third-order valence-corrected chi connectivity index (χ3v) is 2.75. The predicted molar refractivity (Wildman–Crippen MR) is 73.5 cm³/mol. The molecule has 0 aliphatic heterocycles. The van der Waals surface area contributed by atoms with E-state index in [1.165, 1.54) is 18.4 Å². The summed E-state index contributed by atoms with van der Waals surface area (Å²) in [6.45, 7) is 5.24. The Labute approximate surface area is 110 Å². The number of aryl methyl sites for hydroxylation is 1. The molecule has 1 amide bonds. The Kier molecular flexibility index (Phi) is 6.92. The summed E-state index contributed by atoms with van der Waals surface area (Å²) in [6.07, 6.45) is 4.15. The average Bonchev–Trinajstić information content (AvgIpc) is 2.36. The molecule has 0 aliphatic carbocycles. The molecular formula is C15H23NO2. The van der Waals surface area contributed by atoms with Crippen molar-refractivity contribution in [2.75, 3.05) is 6.61 Å². The second-order valence-electron chi connectivity index (χ2n) is 4.54. The van der Waals surface area contributed by atoms with Crippen LogP contribution in [0.4, 0.5) is 4.79 Å². The molecule has 0 aromatic heterocycles. The van der Waals surface area contributed by atoms with Gasteiger partial charge in [-0.15, -0.1) is 0 Å². The highest BCUT2D eigenvalue weighted by Crippen LogP contribution is 2.03. The highest BCUT2D eigenvalue weighted by molar-refractivity contribution is 5.67. The van der Waals surface area contributed by atoms with Crippen LogP contribution in [0.3, 0.4) is 0 Å². The first-order valence-electron chi connectivity index (χ1n) is 6.68. The molecular weight excluding hydrogens is 226 g/mol. The number of amides is 1. The zero-order chi connectivity index (χ0) is 13.2. The van der Waals surface area contributed by atoms with Crippen LogP contribution < -0.4 is 5.32 Å². The number of benzene rings is 1. The van der Waals surface area contributed by atoms with Crippen LogP contribution in [0.2, 0.25) is 0 Å². The Hall–Kier alpha value is -1.51. The fourth-order valence-corrected chi connectivity index (χ4v) is 1.74. The van der Waals surface area contributed by atoms with E-state index in [9.17, 15) is 4.79 Å². The van der Waals surface area contributed by atoms with Gasteiger partial charge in [0, 0.05) is 6.54 Å². The molecule has 0 heterocycles. The van der Waals surface area contributed by atoms with Gasteiger partial charge in [0.1, 0.15) is 0 Å². The quantitative estimate of drug-likeness (QED) is 0.746. The summed E-state index contributed by atoms with van der Waals surface area (Å²) in [7, 11) is 0. The van der Waals surface area contributed by atoms with Crippen molar-refractivity contribution >= 4 is 6.09 Å². The number of alkyl carbamates (subject to hydrolysis) is 1. The first-order valence-corrected chi connectivity index (χ1v) is 6.68. The lowest BCUT2D eigenvalue weighted by Crippen LogP contribution is -2.24. The van der Waals surface area contributed by atoms with Crippen molar-refractivity contribution in [3.05, 3.63) is 35.4 Å². The molecule has 0 fully saturated rings. The molecule has 1 N–H and O–H groups in total. The van der Waals surface area contributed by atoms with Gasteiger partial charge in [-0.3, -0.25) is 0 Å². The second kappa shape index (κ2) is 8.56. The topological polar surface area (TPSA) is 38.3 Å². The fourth-order valence-electron chi connectivity index (χ4n) is 1.74. The molecule has 1 aromatic carbocycles. The molecule has 0 saturated heterocycles. The zero-order valence-corrected chi connectivity index (χ0v) is 11.4. The van der Waals surface area contributed by atoms with Crippen molar-refractivity contribution < 1.29 is 9.53 Å². The number of rotatable bonds is 7. The molecule has 0 unspecified atom stereocenters. The van der Waals surface area contributed by atoms with Crippen molar-refractivity contribution in [3.8, 4) is 0 Å². The number of hydrogen-bond acceptors (Lipinski definition) is 2. The number of hydrogen-bond donors (Lipinski definition) is 1. The van der Waals surface area contributed by atoms with Crippen LogP contribution in [0.5, 0.6) is 0 Å². The first kappa shape index (κ1) is 14.6. The normalized spacial score (nSPS) is 10.1. The molecule has 0 atom stereocenters. The summed E-state index contributed by atoms with van der Waals surface area (Å²) >= 11 is 0. The van der Waals surface area contributed by atoms with Crippen LogP contribution in [-0.2, 0) is 11.3 Å². The lowest BCUT2D eigenvalue weighted by Gasteiger charge is -2.07. The number of nitrogens with one attached hydrogen (secondary N) is 1. The number of unbranched alkanes of at least 4 members (excludes halogenated alkanes) is 3. The van der Waals surface area contributed by atoms with Gasteiger partial charge in [-0.1, -0.05) is 56.0 Å². The summed E-state index contributed by atoms with van der Waals surface area (Å²) in [5, 5.41) is 2.76. The van der Waals surface area contributed by atoms with Gasteiger partial charge in [0.2, 0.25) is 0 Å². The highest BCUT2D eigenvalue weighted by Gasteiger charge is 2.01. The van der Waals surface area contributed by atoms with Crippen molar-refractivity contribution in [2.24, 2.45) is 0 Å². The monoisotopic (exact) mass is 249 g/mol. The SMILES string of the molecule is CCCCCCOC(=O)NCc1cccc(C)c1. The molecule has 1 rings (SSSR count). The molecule has 0 spiro atoms. The number of carbonyl (C=O) groups is 1. The van der Waals surface area contributed by atoms with Crippen molar-refractivity contribution in [2.45, 2.75) is 46.1 Å². The average molecular weight is 249 g/mol. The summed E-state index contributed by atoms with van der Waals surface area (Å²) < 4.78 is 5.09. The highest BCUT2D eigenvalue weighted by atomic mass is 16.5. The van der Waals surface area contributed by atoms with Gasteiger partial charge in [0.05, 0.1) is 6.61 Å². The van der Waals surface area contributed by atoms with E-state index in [1.54, 1.807) is 0 Å². The summed E-state index contributed by atoms with van der Waals surface area (Å²) in [4.78, 5) is 11.4. The molecule has 100 valence electrons. The van der Waals surface area contributed by atoms with Crippen LogP contribution >= 0.6 is 0 Å². The van der Waals surface area contributed by atoms with E-state index in [0.717, 1.165) is 18.4 Å². The smallest absolute Gasteiger partial charge is 0.407 e. The van der Waals surface area contributed by atoms with Crippen molar-refractivity contribution in [1.29, 1.82) is 0 Å². The first-order chi connectivity index (χ1) is 8.72. The van der Waals surface area contributed by atoms with Gasteiger partial charge in [-0.05, 0) is 18.9 Å². The Bertz CT molecular complexity index is 363. The third kappa shape index (κ3) is 6.28. The maximum atomic E-state index is 11.4. The van der Waals surface area contributed by atoms with E-state index in [-0.39, 0.29) is 6.09 Å². The van der Waals surface area contributed by atoms with Crippen LogP contribution in [0, 0.1) is 6.92 Å². The van der Waals surface area contributed by atoms with Crippen LogP contribution in [-0.4, -0.2) is 12.7 Å². The van der Waals surface area contributed by atoms with Crippen molar-refractivity contribution in [3.63, 3.8) is 0 Å². The Morgan fingerprint density at radius 2 is 2.11 bits per heavy atom. The van der Waals surface area contributed by atoms with E-state index in [4.69, 9.17) is 4.74 Å². The number of ether oxygens (including phenoxy) is 1. The van der Waals surface area contributed by atoms with Gasteiger partial charge in [-0.2, -0.15) is 0 Å². The maximum Gasteiger partial charge on any atom is 0.407 e. The van der Waals surface area contributed by atoms with Gasteiger partial charge in [0.15, 0.2) is 0 Å². The lowest BCUT2D eigenvalue weighted by molar-refractivity contribution is 0.143. The summed E-state index contributed by atoms with van der Waals surface area (Å²) in [6, 6.07) is 8.08. The summed E-state index contributed by atoms with van der Waals surface area (Å²) in [5.74, 6) is 0. The predicted octanol–water partition coefficient (Wildman–Crippen LogP) is 3.80. The third-order valence-electron chi connectivity index (χ3n) is 2.75. The van der Waals surface area contributed by atoms with Gasteiger partial charge in [-0.25, -0.2) is 4.79 Å². The molecule has 1 aromatic rings. The minimum Gasteiger partial charge on any atom is -0.450 e. The molecule has 0 saturated carbocycles. The van der Waals surface area contributed by atoms with E-state index >= 15 is 0 Å². The molecule has 3 heteroatoms. The Morgan fingerprint density at radius 3 is 2.83 bits per heavy atom. The molecule has 0 aliphatic rings. The van der Waals surface area contributed by atoms with Crippen LogP contribution in [0.1, 0.15) is 43.7 Å². The van der Waals surface area contributed by atoms with E-state index in [2.05, 4.69) is 18.3 Å². The largest absolute Gasteiger partial charge is 0.450 e. The van der Waals surface area contributed by atoms with E-state index in [0.29, 0.717) is 13.2 Å². The molecule has 0 bridgehead atoms. The molecule has 18 heavy (non-hydrogen) atoms. The van der Waals surface area contributed by atoms with E-state index in [1.807, 2.05) is 25.1 Å². The van der Waals surface area contributed by atoms with Crippen molar-refractivity contribution in [1.82, 2.24) is 5.32 Å². The van der Waals surface area contributed by atoms with Crippen LogP contribution in [0.15, 0.2) is 24.3 Å². The van der Waals surface area contributed by atoms with E-state index < -0.39 is 0 Å². The second-order valence-corrected chi connectivity index (χ2v) is 4.54. The lowest BCUT2D eigenvalue weighted by atomic mass is 10.1. The molecule has 3 nitrogen and oxygen atoms in total. The number of carbonyl (C=O) groups excluding carboxylic acids is 1. The molecule has 0 radical (unpaired) electrons. The van der Waals surface area contributed by atoms with Gasteiger partial charge in [0.25, 0.3) is 0 Å². The standard InChI is InChI=1S/C15H23NO2/c1-3-4-5-6-10-18-15(17)16-12-14-9-7-8-13(2)11-14/h7-9,11H,3-6,10,12H2,1-2H3,(H,16,17). The zero-order valence-electron chi connectivity index (χ0n) is 11.4. The summed E-state index contributed by atoms with van der Waals surface area (Å²) in [5.41, 5.74) is 2.29. The van der Waals surface area contributed by atoms with Gasteiger partial charge >= 0.3 is 6.09 Å². The minimum atomic E-state index is -0.326. The van der Waals surface area contributed by atoms with Gasteiger partial charge < -0.3 is 10.1 Å². The minimum absolute atomic E-state index is 0.326. The Balaban J connectivity index is 2.13. The van der Waals surface area contributed by atoms with Crippen LogP contribution in [0.25, 0.3) is 0 Å². The Morgan fingerprint density at radius 1 is 1.28 bits per heavy atom. The fraction of sp³-hybridized carbons (Fsp3) is 0.533.